The molecule has 5 aromatic rings. The van der Waals surface area contributed by atoms with Gasteiger partial charge in [0.25, 0.3) is 5.91 Å². The average molecular weight is 625 g/mol. The van der Waals surface area contributed by atoms with Crippen LogP contribution < -0.4 is 30.0 Å². The first kappa shape index (κ1) is 30.8. The summed E-state index contributed by atoms with van der Waals surface area (Å²) in [6.45, 7) is 2.34. The highest BCUT2D eigenvalue weighted by molar-refractivity contribution is 6.04. The van der Waals surface area contributed by atoms with Crippen molar-refractivity contribution >= 4 is 28.6 Å². The lowest BCUT2D eigenvalue weighted by Crippen LogP contribution is -2.21. The first-order chi connectivity index (χ1) is 21.5. The minimum absolute atomic E-state index is 0.0195. The van der Waals surface area contributed by atoms with E-state index in [0.717, 1.165) is 17.3 Å². The van der Waals surface area contributed by atoms with Crippen molar-refractivity contribution in [1.29, 1.82) is 0 Å². The van der Waals surface area contributed by atoms with E-state index in [1.807, 2.05) is 13.8 Å². The van der Waals surface area contributed by atoms with E-state index in [1.165, 1.54) is 24.7 Å². The Bertz CT molecular complexity index is 1800. The van der Waals surface area contributed by atoms with E-state index >= 15 is 0 Å². The van der Waals surface area contributed by atoms with Crippen LogP contribution >= 0.6 is 0 Å². The Morgan fingerprint density at radius 2 is 1.80 bits per heavy atom. The molecule has 1 amide bonds. The number of carbonyl (C=O) groups excluding carboxylic acids is 1. The summed E-state index contributed by atoms with van der Waals surface area (Å²) < 4.78 is 62.1. The van der Waals surface area contributed by atoms with Gasteiger partial charge in [-0.1, -0.05) is 6.92 Å². The third-order valence-corrected chi connectivity index (χ3v) is 6.31. The Kier molecular flexibility index (Phi) is 8.83. The number of nitrogen functional groups attached to an aromatic ring is 1. The van der Waals surface area contributed by atoms with Crippen LogP contribution in [0.5, 0.6) is 28.7 Å². The summed E-state index contributed by atoms with van der Waals surface area (Å²) in [5.41, 5.74) is 5.92. The fourth-order valence-electron chi connectivity index (χ4n) is 3.95. The zero-order chi connectivity index (χ0) is 32.1. The van der Waals surface area contributed by atoms with Gasteiger partial charge in [0, 0.05) is 17.6 Å². The van der Waals surface area contributed by atoms with E-state index in [-0.39, 0.29) is 23.6 Å². The maximum atomic E-state index is 13.1. The molecule has 45 heavy (non-hydrogen) atoms. The molecule has 13 nitrogen and oxygen atoms in total. The van der Waals surface area contributed by atoms with Crippen molar-refractivity contribution in [1.82, 2.24) is 29.7 Å². The van der Waals surface area contributed by atoms with E-state index < -0.39 is 30.1 Å². The monoisotopic (exact) mass is 624 g/mol. The van der Waals surface area contributed by atoms with Crippen LogP contribution in [0, 0.1) is 0 Å². The maximum absolute atomic E-state index is 13.1. The smallest absolute Gasteiger partial charge is 0.422 e. The van der Waals surface area contributed by atoms with Gasteiger partial charge in [0.15, 0.2) is 29.5 Å². The molecule has 234 valence electrons. The van der Waals surface area contributed by atoms with E-state index in [1.54, 1.807) is 37.6 Å². The molecule has 1 aromatic carbocycles. The summed E-state index contributed by atoms with van der Waals surface area (Å²) >= 11 is 0. The van der Waals surface area contributed by atoms with Gasteiger partial charge >= 0.3 is 6.18 Å². The Morgan fingerprint density at radius 1 is 1.02 bits per heavy atom. The SMILES string of the molecule is CCC(C)Oc1cc2nccc(Oc3ccc(NC(=O)c4nn(-c5cnc(N)nc5)cc4OCC(F)(F)F)nc3)c2cc1OC. The van der Waals surface area contributed by atoms with E-state index in [0.29, 0.717) is 33.9 Å². The zero-order valence-electron chi connectivity index (χ0n) is 24.2. The Hall–Kier alpha value is -5.67. The van der Waals surface area contributed by atoms with Gasteiger partial charge in [-0.15, -0.1) is 0 Å². The maximum Gasteiger partial charge on any atom is 0.422 e. The Morgan fingerprint density at radius 3 is 2.47 bits per heavy atom. The summed E-state index contributed by atoms with van der Waals surface area (Å²) in [4.78, 5) is 29.3. The second kappa shape index (κ2) is 12.9. The van der Waals surface area contributed by atoms with Crippen molar-refractivity contribution in [2.75, 3.05) is 24.8 Å². The number of nitrogens with two attached hydrogens (primary N) is 1. The quantitative estimate of drug-likeness (QED) is 0.195. The third kappa shape index (κ3) is 7.46. The predicted molar refractivity (Wildman–Crippen MR) is 156 cm³/mol. The topological polar surface area (TPSA) is 161 Å². The van der Waals surface area contributed by atoms with E-state index in [2.05, 4.69) is 30.4 Å². The van der Waals surface area contributed by atoms with Crippen LogP contribution in [0.3, 0.4) is 0 Å². The molecule has 0 radical (unpaired) electrons. The number of nitrogens with one attached hydrogen (secondary N) is 1. The average Bonchev–Trinajstić information content (AvgIpc) is 3.45. The number of ether oxygens (including phenoxy) is 4. The van der Waals surface area contributed by atoms with Crippen molar-refractivity contribution in [2.24, 2.45) is 0 Å². The lowest BCUT2D eigenvalue weighted by Gasteiger charge is -2.17. The molecule has 3 N–H and O–H groups in total. The molecular formula is C29H27F3N8O5. The minimum atomic E-state index is -4.65. The number of aromatic nitrogens is 6. The second-order valence-electron chi connectivity index (χ2n) is 9.59. The number of methoxy groups -OCH3 is 1. The summed E-state index contributed by atoms with van der Waals surface area (Å²) in [5.74, 6) is 0.648. The molecule has 5 rings (SSSR count). The fraction of sp³-hybridized carbons (Fsp3) is 0.241. The second-order valence-corrected chi connectivity index (χ2v) is 9.59. The number of fused-ring (bicyclic) bond motifs is 1. The number of halogens is 3. The molecule has 0 saturated heterocycles. The van der Waals surface area contributed by atoms with Crippen LogP contribution in [0.25, 0.3) is 16.6 Å². The van der Waals surface area contributed by atoms with Crippen molar-refractivity contribution in [3.8, 4) is 34.4 Å². The van der Waals surface area contributed by atoms with Gasteiger partial charge in [0.05, 0.1) is 43.5 Å². The van der Waals surface area contributed by atoms with E-state index in [4.69, 9.17) is 24.7 Å². The lowest BCUT2D eigenvalue weighted by atomic mass is 10.1. The van der Waals surface area contributed by atoms with Gasteiger partial charge in [-0.05, 0) is 37.6 Å². The van der Waals surface area contributed by atoms with Crippen LogP contribution in [0.1, 0.15) is 30.8 Å². The molecule has 16 heteroatoms. The molecule has 0 fully saturated rings. The Balaban J connectivity index is 1.34. The number of amides is 1. The molecule has 4 heterocycles. The molecule has 1 atom stereocenters. The zero-order valence-corrected chi connectivity index (χ0v) is 24.2. The molecule has 1 unspecified atom stereocenters. The number of hydrogen-bond donors (Lipinski definition) is 2. The van der Waals surface area contributed by atoms with Gasteiger partial charge in [0.2, 0.25) is 5.95 Å². The largest absolute Gasteiger partial charge is 0.493 e. The molecule has 0 saturated carbocycles. The normalized spacial score (nSPS) is 12.0. The van der Waals surface area contributed by atoms with Crippen LogP contribution in [-0.4, -0.2) is 61.6 Å². The van der Waals surface area contributed by atoms with E-state index in [9.17, 15) is 18.0 Å². The first-order valence-electron chi connectivity index (χ1n) is 13.5. The number of carbonyl (C=O) groups is 1. The molecule has 0 aliphatic rings. The molecule has 0 bridgehead atoms. The number of hydrogen-bond acceptors (Lipinski definition) is 11. The van der Waals surface area contributed by atoms with Crippen molar-refractivity contribution in [2.45, 2.75) is 32.5 Å². The molecule has 0 aliphatic heterocycles. The van der Waals surface area contributed by atoms with Gasteiger partial charge < -0.3 is 30.0 Å². The summed E-state index contributed by atoms with van der Waals surface area (Å²) in [6.07, 6.45) is 2.78. The molecule has 4 aromatic heterocycles. The number of rotatable bonds is 11. The summed E-state index contributed by atoms with van der Waals surface area (Å²) in [7, 11) is 1.54. The first-order valence-corrected chi connectivity index (χ1v) is 13.5. The van der Waals surface area contributed by atoms with Crippen LogP contribution in [0.2, 0.25) is 0 Å². The minimum Gasteiger partial charge on any atom is -0.493 e. The molecule has 0 aliphatic carbocycles. The van der Waals surface area contributed by atoms with Crippen molar-refractivity contribution in [3.05, 3.63) is 67.0 Å². The van der Waals surface area contributed by atoms with Crippen molar-refractivity contribution < 1.29 is 36.9 Å². The fourth-order valence-corrected chi connectivity index (χ4v) is 3.95. The van der Waals surface area contributed by atoms with Gasteiger partial charge in [0.1, 0.15) is 23.0 Å². The third-order valence-electron chi connectivity index (χ3n) is 6.31. The standard InChI is InChI=1S/C29H27F3N8O5/c1-4-16(2)44-23-10-20-19(9-22(23)42-3)21(7-8-34-20)45-18-5-6-25(35-13-18)38-27(41)26-24(43-15-29(30,31)32)14-40(39-26)17-11-36-28(33)37-12-17/h5-14,16H,4,15H2,1-3H3,(H2,33,36,37)(H,35,38,41). The number of alkyl halides is 3. The highest BCUT2D eigenvalue weighted by atomic mass is 19.4. The predicted octanol–water partition coefficient (Wildman–Crippen LogP) is 5.36. The van der Waals surface area contributed by atoms with Gasteiger partial charge in [-0.25, -0.2) is 19.6 Å². The highest BCUT2D eigenvalue weighted by Crippen LogP contribution is 2.37. The number of pyridine rings is 2. The number of nitrogens with zero attached hydrogens (tertiary/aromatic N) is 6. The summed E-state index contributed by atoms with van der Waals surface area (Å²) in [6, 6.07) is 8.23. The van der Waals surface area contributed by atoms with Gasteiger partial charge in [-0.2, -0.15) is 18.3 Å². The molecule has 0 spiro atoms. The Labute approximate surface area is 254 Å². The van der Waals surface area contributed by atoms with Crippen molar-refractivity contribution in [3.63, 3.8) is 0 Å². The summed E-state index contributed by atoms with van der Waals surface area (Å²) in [5, 5.41) is 7.23. The van der Waals surface area contributed by atoms with Gasteiger partial charge in [-0.3, -0.25) is 9.78 Å². The highest BCUT2D eigenvalue weighted by Gasteiger charge is 2.30. The lowest BCUT2D eigenvalue weighted by molar-refractivity contribution is -0.153. The van der Waals surface area contributed by atoms with Crippen LogP contribution in [0.15, 0.2) is 61.3 Å². The van der Waals surface area contributed by atoms with Crippen LogP contribution in [-0.2, 0) is 0 Å². The number of benzene rings is 1. The number of anilines is 2. The van der Waals surface area contributed by atoms with Crippen LogP contribution in [0.4, 0.5) is 24.9 Å². The molecular weight excluding hydrogens is 597 g/mol.